The molecule has 1 atom stereocenters. The van der Waals surface area contributed by atoms with Gasteiger partial charge < -0.3 is 34.5 Å². The Bertz CT molecular complexity index is 1850. The number of carbonyl (C=O) groups is 2. The molecule has 0 bridgehead atoms. The highest BCUT2D eigenvalue weighted by Gasteiger charge is 2.37. The van der Waals surface area contributed by atoms with Gasteiger partial charge in [0.1, 0.15) is 22.9 Å². The van der Waals surface area contributed by atoms with Crippen molar-refractivity contribution in [1.82, 2.24) is 0 Å². The first kappa shape index (κ1) is 29.7. The second-order valence-electron chi connectivity index (χ2n) is 11.3. The molecule has 0 spiro atoms. The summed E-state index contributed by atoms with van der Waals surface area (Å²) in [7, 11) is 2.77. The van der Waals surface area contributed by atoms with Gasteiger partial charge in [-0.2, -0.15) is 0 Å². The summed E-state index contributed by atoms with van der Waals surface area (Å²) < 4.78 is 16.4. The molecule has 1 aliphatic rings. The Morgan fingerprint density at radius 1 is 1.02 bits per heavy atom. The van der Waals surface area contributed by atoms with Crippen molar-refractivity contribution in [2.45, 2.75) is 40.3 Å². The lowest BCUT2D eigenvalue weighted by Crippen LogP contribution is -2.39. The van der Waals surface area contributed by atoms with E-state index in [0.29, 0.717) is 17.1 Å². The van der Waals surface area contributed by atoms with E-state index in [9.17, 15) is 24.3 Å². The molecule has 224 valence electrons. The van der Waals surface area contributed by atoms with Crippen molar-refractivity contribution in [3.63, 3.8) is 0 Å². The number of aryl methyl sites for hydroxylation is 1. The molecular formula is C31H30ClN3O8. The minimum atomic E-state index is -1.27. The van der Waals surface area contributed by atoms with Gasteiger partial charge in [0.25, 0.3) is 16.8 Å². The molecule has 0 fully saturated rings. The highest BCUT2D eigenvalue weighted by Crippen LogP contribution is 2.43. The van der Waals surface area contributed by atoms with E-state index in [-0.39, 0.29) is 56.9 Å². The second-order valence-corrected chi connectivity index (χ2v) is 11.7. The third kappa shape index (κ3) is 5.10. The summed E-state index contributed by atoms with van der Waals surface area (Å²) in [5.41, 5.74) is -1.08. The standard InChI is InChI=1S/C31H30ClN3O8/c1-14-7-10-20(43-14)28(31(2,3)4)34-25-24(26(36)27(25)37)33-18-9-8-17(32)16-13-35(29(38)23(16)18)19-12-22(42-6)21(41-5)11-15(19)30(39)40/h7-12,28,33-34H,13H2,1-6H3,(H,39,40)/t28-/m0/s1. The molecule has 0 aliphatic carbocycles. The molecular weight excluding hydrogens is 578 g/mol. The largest absolute Gasteiger partial charge is 0.493 e. The molecule has 12 heteroatoms. The van der Waals surface area contributed by atoms with Crippen molar-refractivity contribution in [3.05, 3.63) is 90.1 Å². The van der Waals surface area contributed by atoms with Gasteiger partial charge in [-0.3, -0.25) is 14.4 Å². The van der Waals surface area contributed by atoms with Crippen molar-refractivity contribution < 1.29 is 28.6 Å². The molecule has 1 aliphatic heterocycles. The molecule has 0 saturated heterocycles. The van der Waals surface area contributed by atoms with Crippen LogP contribution in [0.5, 0.6) is 11.5 Å². The lowest BCUT2D eigenvalue weighted by atomic mass is 9.85. The van der Waals surface area contributed by atoms with Gasteiger partial charge in [-0.25, -0.2) is 4.79 Å². The number of hydrogen-bond donors (Lipinski definition) is 3. The molecule has 3 N–H and O–H groups in total. The Kier molecular flexibility index (Phi) is 7.47. The fourth-order valence-corrected chi connectivity index (χ4v) is 5.42. The van der Waals surface area contributed by atoms with Gasteiger partial charge in [-0.15, -0.1) is 0 Å². The van der Waals surface area contributed by atoms with Gasteiger partial charge in [0.2, 0.25) is 0 Å². The predicted molar refractivity (Wildman–Crippen MR) is 162 cm³/mol. The lowest BCUT2D eigenvalue weighted by Gasteiger charge is -2.31. The minimum absolute atomic E-state index is 0.00403. The number of anilines is 4. The fraction of sp³-hybridized carbons (Fsp3) is 0.290. The number of hydrogen-bond acceptors (Lipinski definition) is 9. The highest BCUT2D eigenvalue weighted by atomic mass is 35.5. The van der Waals surface area contributed by atoms with Crippen molar-refractivity contribution in [2.75, 3.05) is 29.8 Å². The van der Waals surface area contributed by atoms with Crippen LogP contribution >= 0.6 is 11.6 Å². The number of fused-ring (bicyclic) bond motifs is 1. The topological polar surface area (TPSA) is 147 Å². The van der Waals surface area contributed by atoms with Crippen LogP contribution in [-0.4, -0.2) is 31.2 Å². The summed E-state index contributed by atoms with van der Waals surface area (Å²) in [5, 5.41) is 16.4. The first-order chi connectivity index (χ1) is 20.3. The quantitative estimate of drug-likeness (QED) is 0.204. The van der Waals surface area contributed by atoms with Crippen molar-refractivity contribution >= 4 is 46.2 Å². The van der Waals surface area contributed by atoms with Crippen LogP contribution in [0.25, 0.3) is 0 Å². The maximum Gasteiger partial charge on any atom is 0.337 e. The number of carboxylic acid groups (broad SMARTS) is 1. The number of ether oxygens (including phenoxy) is 2. The van der Waals surface area contributed by atoms with E-state index in [0.717, 1.165) is 0 Å². The van der Waals surface area contributed by atoms with E-state index in [2.05, 4.69) is 10.6 Å². The first-order valence-corrected chi connectivity index (χ1v) is 13.7. The average Bonchev–Trinajstić information content (AvgIpc) is 3.55. The number of furan rings is 1. The van der Waals surface area contributed by atoms with Crippen LogP contribution in [0.15, 0.2) is 50.4 Å². The van der Waals surface area contributed by atoms with Gasteiger partial charge in [0.05, 0.1) is 49.3 Å². The smallest absolute Gasteiger partial charge is 0.337 e. The third-order valence-corrected chi connectivity index (χ3v) is 7.78. The van der Waals surface area contributed by atoms with Gasteiger partial charge >= 0.3 is 5.97 Å². The van der Waals surface area contributed by atoms with Gasteiger partial charge in [-0.1, -0.05) is 32.4 Å². The van der Waals surface area contributed by atoms with Crippen LogP contribution in [0.4, 0.5) is 22.7 Å². The summed E-state index contributed by atoms with van der Waals surface area (Å²) in [6.45, 7) is 7.69. The Balaban J connectivity index is 1.53. The number of benzene rings is 2. The molecule has 1 aromatic heterocycles. The number of methoxy groups -OCH3 is 2. The maximum absolute atomic E-state index is 13.9. The van der Waals surface area contributed by atoms with Crippen LogP contribution in [0.3, 0.4) is 0 Å². The number of aromatic carboxylic acids is 1. The fourth-order valence-electron chi connectivity index (χ4n) is 5.20. The van der Waals surface area contributed by atoms with Crippen LogP contribution in [0.1, 0.15) is 64.6 Å². The number of halogens is 1. The van der Waals surface area contributed by atoms with Gasteiger partial charge in [0, 0.05) is 22.7 Å². The number of amides is 1. The van der Waals surface area contributed by atoms with Crippen LogP contribution in [0, 0.1) is 12.3 Å². The van der Waals surface area contributed by atoms with E-state index in [1.807, 2.05) is 39.8 Å². The number of nitrogens with one attached hydrogen (secondary N) is 2. The summed E-state index contributed by atoms with van der Waals surface area (Å²) in [6.07, 6.45) is 0. The van der Waals surface area contributed by atoms with Crippen LogP contribution in [-0.2, 0) is 6.54 Å². The molecule has 2 heterocycles. The molecule has 0 radical (unpaired) electrons. The number of nitrogens with zero attached hydrogens (tertiary/aromatic N) is 1. The zero-order valence-electron chi connectivity index (χ0n) is 24.4. The Labute approximate surface area is 251 Å². The molecule has 43 heavy (non-hydrogen) atoms. The van der Waals surface area contributed by atoms with Crippen LogP contribution in [0.2, 0.25) is 5.02 Å². The summed E-state index contributed by atoms with van der Waals surface area (Å²) in [5.74, 6) is -0.103. The predicted octanol–water partition coefficient (Wildman–Crippen LogP) is 5.66. The lowest BCUT2D eigenvalue weighted by molar-refractivity contribution is 0.0697. The molecule has 11 nitrogen and oxygen atoms in total. The highest BCUT2D eigenvalue weighted by molar-refractivity contribution is 6.33. The van der Waals surface area contributed by atoms with Gasteiger partial charge in [0.15, 0.2) is 11.5 Å². The minimum Gasteiger partial charge on any atom is -0.493 e. The maximum atomic E-state index is 13.9. The number of carboxylic acids is 1. The van der Waals surface area contributed by atoms with E-state index < -0.39 is 34.2 Å². The monoisotopic (exact) mass is 607 g/mol. The van der Waals surface area contributed by atoms with Gasteiger partial charge in [-0.05, 0) is 36.6 Å². The SMILES string of the molecule is COc1cc(C(=O)O)c(N2Cc3c(Cl)ccc(Nc4c(N[C@@H](c5ccc(C)o5)C(C)(C)C)c(=O)c4=O)c3C2=O)cc1OC. The van der Waals surface area contributed by atoms with E-state index >= 15 is 0 Å². The first-order valence-electron chi connectivity index (χ1n) is 13.3. The van der Waals surface area contributed by atoms with E-state index in [1.54, 1.807) is 6.07 Å². The Morgan fingerprint density at radius 2 is 1.67 bits per heavy atom. The zero-order valence-corrected chi connectivity index (χ0v) is 25.1. The second kappa shape index (κ2) is 10.8. The number of rotatable bonds is 9. The molecule has 4 aromatic rings. The van der Waals surface area contributed by atoms with Crippen LogP contribution < -0.4 is 35.9 Å². The Morgan fingerprint density at radius 3 is 2.26 bits per heavy atom. The zero-order chi connectivity index (χ0) is 31.4. The molecule has 0 unspecified atom stereocenters. The van der Waals surface area contributed by atoms with Crippen molar-refractivity contribution in [2.24, 2.45) is 5.41 Å². The van der Waals surface area contributed by atoms with E-state index in [4.69, 9.17) is 25.5 Å². The summed E-state index contributed by atoms with van der Waals surface area (Å²) in [4.78, 5) is 52.8. The summed E-state index contributed by atoms with van der Waals surface area (Å²) >= 11 is 6.50. The van der Waals surface area contributed by atoms with Crippen molar-refractivity contribution in [3.8, 4) is 11.5 Å². The number of carbonyl (C=O) groups excluding carboxylic acids is 1. The van der Waals surface area contributed by atoms with Crippen molar-refractivity contribution in [1.29, 1.82) is 0 Å². The summed E-state index contributed by atoms with van der Waals surface area (Å²) in [6, 6.07) is 8.98. The Hall–Kier alpha value is -4.77. The third-order valence-electron chi connectivity index (χ3n) is 7.42. The molecule has 0 saturated carbocycles. The van der Waals surface area contributed by atoms with E-state index in [1.165, 1.54) is 37.3 Å². The molecule has 5 rings (SSSR count). The normalized spacial score (nSPS) is 13.7. The average molecular weight is 608 g/mol. The molecule has 1 amide bonds. The molecule has 3 aromatic carbocycles.